The van der Waals surface area contributed by atoms with E-state index in [4.69, 9.17) is 9.47 Å². The van der Waals surface area contributed by atoms with Crippen molar-refractivity contribution in [2.24, 2.45) is 0 Å². The third kappa shape index (κ3) is 3.81. The fraction of sp³-hybridized carbons (Fsp3) is 1.00. The first-order valence-electron chi connectivity index (χ1n) is 5.73. The summed E-state index contributed by atoms with van der Waals surface area (Å²) in [7, 11) is 0. The maximum absolute atomic E-state index is 9.33. The lowest BCUT2D eigenvalue weighted by Gasteiger charge is -2.24. The van der Waals surface area contributed by atoms with Crippen molar-refractivity contribution < 1.29 is 14.6 Å². The Kier molecular flexibility index (Phi) is 5.94. The Morgan fingerprint density at radius 1 is 1.19 bits per heavy atom. The van der Waals surface area contributed by atoms with Crippen molar-refractivity contribution in [2.45, 2.75) is 50.3 Å². The van der Waals surface area contributed by atoms with Crippen LogP contribution in [0.2, 0.25) is 0 Å². The van der Waals surface area contributed by atoms with E-state index in [1.807, 2.05) is 37.4 Å². The smallest absolute Gasteiger partial charge is 0.163 e. The van der Waals surface area contributed by atoms with Crippen LogP contribution in [0, 0.1) is 0 Å². The van der Waals surface area contributed by atoms with Gasteiger partial charge in [-0.25, -0.2) is 0 Å². The van der Waals surface area contributed by atoms with Gasteiger partial charge in [0.05, 0.1) is 11.2 Å². The highest BCUT2D eigenvalue weighted by Gasteiger charge is 2.44. The second kappa shape index (κ2) is 6.50. The summed E-state index contributed by atoms with van der Waals surface area (Å²) in [6.45, 7) is 8.12. The Labute approximate surface area is 107 Å². The molecule has 1 aliphatic rings. The number of ether oxygens (including phenoxy) is 2. The van der Waals surface area contributed by atoms with Gasteiger partial charge in [0, 0.05) is 0 Å². The summed E-state index contributed by atoms with van der Waals surface area (Å²) < 4.78 is 11.9. The first-order chi connectivity index (χ1) is 7.54. The number of aliphatic hydroxyl groups excluding tert-OH is 1. The summed E-state index contributed by atoms with van der Waals surface area (Å²) in [6, 6.07) is 0. The molecule has 96 valence electrons. The van der Waals surface area contributed by atoms with Crippen LogP contribution in [0.5, 0.6) is 0 Å². The van der Waals surface area contributed by atoms with Crippen LogP contribution in [-0.2, 0) is 9.47 Å². The van der Waals surface area contributed by atoms with E-state index in [0.717, 1.165) is 11.5 Å². The molecule has 0 saturated carbocycles. The fourth-order valence-electron chi connectivity index (χ4n) is 1.80. The Hall–Kier alpha value is 0.580. The minimum atomic E-state index is -0.571. The summed E-state index contributed by atoms with van der Waals surface area (Å²) >= 11 is 3.73. The van der Waals surface area contributed by atoms with Crippen LogP contribution in [-0.4, -0.2) is 45.8 Å². The molecular weight excluding hydrogens is 244 g/mol. The van der Waals surface area contributed by atoms with Crippen LogP contribution in [0.15, 0.2) is 0 Å². The van der Waals surface area contributed by atoms with Crippen LogP contribution < -0.4 is 0 Å². The molecule has 0 aliphatic carbocycles. The van der Waals surface area contributed by atoms with E-state index < -0.39 is 5.79 Å². The predicted molar refractivity (Wildman–Crippen MR) is 71.0 cm³/mol. The summed E-state index contributed by atoms with van der Waals surface area (Å²) in [5.74, 6) is 1.53. The third-order valence-electron chi connectivity index (χ3n) is 2.33. The quantitative estimate of drug-likeness (QED) is 0.747. The molecule has 5 heteroatoms. The van der Waals surface area contributed by atoms with Gasteiger partial charge in [-0.05, 0) is 25.4 Å². The van der Waals surface area contributed by atoms with Crippen molar-refractivity contribution in [3.63, 3.8) is 0 Å². The van der Waals surface area contributed by atoms with E-state index in [1.54, 1.807) is 0 Å². The zero-order valence-electron chi connectivity index (χ0n) is 10.4. The molecule has 1 aliphatic heterocycles. The number of thioether (sulfide) groups is 2. The van der Waals surface area contributed by atoms with Crippen molar-refractivity contribution in [3.8, 4) is 0 Å². The molecule has 1 N–H and O–H groups in total. The van der Waals surface area contributed by atoms with Gasteiger partial charge in [0.1, 0.15) is 12.2 Å². The monoisotopic (exact) mass is 266 g/mol. The maximum Gasteiger partial charge on any atom is 0.163 e. The summed E-state index contributed by atoms with van der Waals surface area (Å²) in [6.07, 6.45) is -0.215. The molecule has 0 aromatic carbocycles. The Balaban J connectivity index is 2.66. The van der Waals surface area contributed by atoms with Crippen molar-refractivity contribution >= 4 is 23.5 Å². The van der Waals surface area contributed by atoms with Crippen molar-refractivity contribution in [2.75, 3.05) is 18.1 Å². The van der Waals surface area contributed by atoms with Crippen molar-refractivity contribution in [1.82, 2.24) is 0 Å². The van der Waals surface area contributed by atoms with Crippen LogP contribution in [0.1, 0.15) is 27.7 Å². The van der Waals surface area contributed by atoms with Gasteiger partial charge in [-0.1, -0.05) is 13.8 Å². The second-order valence-electron chi connectivity index (χ2n) is 4.10. The SMILES string of the molecule is CCSC(SCC)[C@@H]1OC(C)(C)O[C@H]1CO. The lowest BCUT2D eigenvalue weighted by atomic mass is 10.2. The molecule has 2 atom stereocenters. The molecule has 1 saturated heterocycles. The molecule has 16 heavy (non-hydrogen) atoms. The number of hydrogen-bond donors (Lipinski definition) is 1. The highest BCUT2D eigenvalue weighted by Crippen LogP contribution is 2.38. The van der Waals surface area contributed by atoms with Gasteiger partial charge < -0.3 is 14.6 Å². The van der Waals surface area contributed by atoms with E-state index in [2.05, 4.69) is 13.8 Å². The second-order valence-corrected chi connectivity index (χ2v) is 7.24. The maximum atomic E-state index is 9.33. The lowest BCUT2D eigenvalue weighted by molar-refractivity contribution is -0.148. The summed E-state index contributed by atoms with van der Waals surface area (Å²) in [4.78, 5) is 0. The first kappa shape index (κ1) is 14.6. The number of rotatable bonds is 6. The van der Waals surface area contributed by atoms with E-state index in [9.17, 15) is 5.11 Å². The molecule has 0 spiro atoms. The van der Waals surface area contributed by atoms with Crippen LogP contribution in [0.4, 0.5) is 0 Å². The number of aliphatic hydroxyl groups is 1. The molecule has 0 radical (unpaired) electrons. The molecule has 1 fully saturated rings. The Morgan fingerprint density at radius 3 is 2.19 bits per heavy atom. The Bertz CT molecular complexity index is 205. The van der Waals surface area contributed by atoms with Gasteiger partial charge in [0.2, 0.25) is 0 Å². The van der Waals surface area contributed by atoms with Gasteiger partial charge in [0.25, 0.3) is 0 Å². The normalized spacial score (nSPS) is 28.9. The summed E-state index contributed by atoms with van der Waals surface area (Å²) in [5.41, 5.74) is 0. The van der Waals surface area contributed by atoms with E-state index in [1.165, 1.54) is 0 Å². The molecule has 1 rings (SSSR count). The minimum absolute atomic E-state index is 0.0186. The average Bonchev–Trinajstić information content (AvgIpc) is 2.53. The minimum Gasteiger partial charge on any atom is -0.394 e. The zero-order valence-corrected chi connectivity index (χ0v) is 12.1. The predicted octanol–water partition coefficient (Wildman–Crippen LogP) is 2.33. The molecule has 1 heterocycles. The fourth-order valence-corrected chi connectivity index (χ4v) is 4.50. The molecule has 0 aromatic rings. The van der Waals surface area contributed by atoms with Gasteiger partial charge in [0.15, 0.2) is 5.79 Å². The molecule has 0 unspecified atom stereocenters. The van der Waals surface area contributed by atoms with Crippen molar-refractivity contribution in [3.05, 3.63) is 0 Å². The van der Waals surface area contributed by atoms with Gasteiger partial charge in [-0.15, -0.1) is 23.5 Å². The van der Waals surface area contributed by atoms with Gasteiger partial charge in [-0.3, -0.25) is 0 Å². The first-order valence-corrected chi connectivity index (χ1v) is 7.83. The topological polar surface area (TPSA) is 38.7 Å². The van der Waals surface area contributed by atoms with Gasteiger partial charge in [-0.2, -0.15) is 0 Å². The number of hydrogen-bond acceptors (Lipinski definition) is 5. The lowest BCUT2D eigenvalue weighted by Crippen LogP contribution is -2.34. The van der Waals surface area contributed by atoms with Gasteiger partial charge >= 0.3 is 0 Å². The highest BCUT2D eigenvalue weighted by molar-refractivity contribution is 8.17. The third-order valence-corrected chi connectivity index (χ3v) is 5.01. The van der Waals surface area contributed by atoms with E-state index in [0.29, 0.717) is 4.58 Å². The van der Waals surface area contributed by atoms with E-state index in [-0.39, 0.29) is 18.8 Å². The van der Waals surface area contributed by atoms with E-state index >= 15 is 0 Å². The largest absolute Gasteiger partial charge is 0.394 e. The Morgan fingerprint density at radius 2 is 1.75 bits per heavy atom. The van der Waals surface area contributed by atoms with Crippen LogP contribution in [0.25, 0.3) is 0 Å². The molecule has 0 aromatic heterocycles. The molecule has 0 bridgehead atoms. The molecule has 3 nitrogen and oxygen atoms in total. The van der Waals surface area contributed by atoms with Crippen LogP contribution in [0.3, 0.4) is 0 Å². The summed E-state index contributed by atoms with van der Waals surface area (Å²) in [5, 5.41) is 9.33. The van der Waals surface area contributed by atoms with Crippen LogP contribution >= 0.6 is 23.5 Å². The zero-order chi connectivity index (χ0) is 12.2. The standard InChI is InChI=1S/C11H22O3S2/c1-5-15-10(16-6-2)9-8(7-12)13-11(3,4)14-9/h8-10,12H,5-7H2,1-4H3/t8-,9+/m0/s1. The molecular formula is C11H22O3S2. The highest BCUT2D eigenvalue weighted by atomic mass is 32.2. The van der Waals surface area contributed by atoms with Crippen molar-refractivity contribution in [1.29, 1.82) is 0 Å². The average molecular weight is 266 g/mol. The molecule has 0 amide bonds.